The van der Waals surface area contributed by atoms with Crippen LogP contribution in [-0.4, -0.2) is 19.4 Å². The van der Waals surface area contributed by atoms with Gasteiger partial charge in [0.05, 0.1) is 5.02 Å². The van der Waals surface area contributed by atoms with Gasteiger partial charge in [-0.1, -0.05) is 11.6 Å². The first kappa shape index (κ1) is 13.1. The van der Waals surface area contributed by atoms with Gasteiger partial charge in [-0.15, -0.1) is 0 Å². The van der Waals surface area contributed by atoms with Crippen molar-refractivity contribution in [1.82, 2.24) is 5.32 Å². The average molecular weight is 244 g/mol. The first-order valence-electron chi connectivity index (χ1n) is 5.19. The predicted octanol–water partition coefficient (Wildman–Crippen LogP) is 2.97. The molecule has 0 atom stereocenters. The number of carbonyl (C=O) groups is 1. The summed E-state index contributed by atoms with van der Waals surface area (Å²) in [6.45, 7) is 2.38. The van der Waals surface area contributed by atoms with E-state index in [9.17, 15) is 9.18 Å². The molecular weight excluding hydrogens is 229 g/mol. The van der Waals surface area contributed by atoms with E-state index in [2.05, 4.69) is 5.32 Å². The van der Waals surface area contributed by atoms with Gasteiger partial charge in [0.2, 0.25) is 0 Å². The molecule has 0 saturated carbocycles. The Balaban J connectivity index is 2.79. The monoisotopic (exact) mass is 243 g/mol. The standard InChI is InChI=1S/C12H15ClFNO/c1-8-6-10(13)9(7-11(8)14)12(16)4-3-5-15-2/h6-7,15H,3-5H2,1-2H3. The number of hydrogen-bond acceptors (Lipinski definition) is 2. The third-order valence-electron chi connectivity index (χ3n) is 2.38. The lowest BCUT2D eigenvalue weighted by Gasteiger charge is -2.05. The van der Waals surface area contributed by atoms with Gasteiger partial charge in [0, 0.05) is 12.0 Å². The van der Waals surface area contributed by atoms with E-state index in [0.29, 0.717) is 17.0 Å². The van der Waals surface area contributed by atoms with E-state index in [4.69, 9.17) is 11.6 Å². The Labute approximate surface area is 99.8 Å². The van der Waals surface area contributed by atoms with E-state index in [1.165, 1.54) is 12.1 Å². The van der Waals surface area contributed by atoms with Crippen molar-refractivity contribution in [3.05, 3.63) is 34.1 Å². The summed E-state index contributed by atoms with van der Waals surface area (Å²) in [5, 5.41) is 3.28. The molecule has 1 N–H and O–H groups in total. The van der Waals surface area contributed by atoms with Gasteiger partial charge in [0.25, 0.3) is 0 Å². The lowest BCUT2D eigenvalue weighted by atomic mass is 10.0. The first-order valence-corrected chi connectivity index (χ1v) is 5.57. The Hall–Kier alpha value is -0.930. The lowest BCUT2D eigenvalue weighted by molar-refractivity contribution is 0.0980. The third-order valence-corrected chi connectivity index (χ3v) is 2.69. The molecule has 88 valence electrons. The number of hydrogen-bond donors (Lipinski definition) is 1. The zero-order valence-corrected chi connectivity index (χ0v) is 10.2. The summed E-state index contributed by atoms with van der Waals surface area (Å²) >= 11 is 5.91. The molecule has 0 aromatic heterocycles. The van der Waals surface area contributed by atoms with Crippen LogP contribution in [0.2, 0.25) is 5.02 Å². The Morgan fingerprint density at radius 3 is 2.81 bits per heavy atom. The highest BCUT2D eigenvalue weighted by Gasteiger charge is 2.12. The number of rotatable bonds is 5. The van der Waals surface area contributed by atoms with Gasteiger partial charge in [-0.3, -0.25) is 4.79 Å². The van der Waals surface area contributed by atoms with Crippen LogP contribution < -0.4 is 5.32 Å². The van der Waals surface area contributed by atoms with Gasteiger partial charge < -0.3 is 5.32 Å². The summed E-state index contributed by atoms with van der Waals surface area (Å²) in [7, 11) is 1.82. The fraction of sp³-hybridized carbons (Fsp3) is 0.417. The molecule has 0 saturated heterocycles. The van der Waals surface area contributed by atoms with E-state index in [-0.39, 0.29) is 17.2 Å². The van der Waals surface area contributed by atoms with Crippen LogP contribution in [0.15, 0.2) is 12.1 Å². The van der Waals surface area contributed by atoms with E-state index < -0.39 is 0 Å². The molecule has 0 aliphatic heterocycles. The average Bonchev–Trinajstić information content (AvgIpc) is 2.23. The number of halogens is 2. The fourth-order valence-electron chi connectivity index (χ4n) is 1.42. The molecule has 1 aromatic carbocycles. The number of benzene rings is 1. The van der Waals surface area contributed by atoms with E-state index >= 15 is 0 Å². The molecule has 16 heavy (non-hydrogen) atoms. The van der Waals surface area contributed by atoms with Gasteiger partial charge in [0.1, 0.15) is 5.82 Å². The fourth-order valence-corrected chi connectivity index (χ4v) is 1.74. The van der Waals surface area contributed by atoms with Gasteiger partial charge in [-0.05, 0) is 44.6 Å². The Bertz CT molecular complexity index is 393. The quantitative estimate of drug-likeness (QED) is 0.636. The number of ketones is 1. The summed E-state index contributed by atoms with van der Waals surface area (Å²) in [6.07, 6.45) is 1.10. The van der Waals surface area contributed by atoms with Crippen molar-refractivity contribution in [1.29, 1.82) is 0 Å². The molecule has 0 aliphatic rings. The number of carbonyl (C=O) groups excluding carboxylic acids is 1. The lowest BCUT2D eigenvalue weighted by Crippen LogP contribution is -2.10. The van der Waals surface area contributed by atoms with Crippen molar-refractivity contribution < 1.29 is 9.18 Å². The maximum absolute atomic E-state index is 13.3. The summed E-state index contributed by atoms with van der Waals surface area (Å²) in [6, 6.07) is 2.71. The maximum atomic E-state index is 13.3. The van der Waals surface area contributed by atoms with Crippen LogP contribution >= 0.6 is 11.6 Å². The highest BCUT2D eigenvalue weighted by Crippen LogP contribution is 2.22. The van der Waals surface area contributed by atoms with Gasteiger partial charge in [-0.2, -0.15) is 0 Å². The van der Waals surface area contributed by atoms with Crippen molar-refractivity contribution in [3.63, 3.8) is 0 Å². The van der Waals surface area contributed by atoms with Crippen LogP contribution in [0.4, 0.5) is 4.39 Å². The molecule has 0 heterocycles. The molecule has 0 aliphatic carbocycles. The molecular formula is C12H15ClFNO. The Morgan fingerprint density at radius 2 is 2.19 bits per heavy atom. The molecule has 0 bridgehead atoms. The summed E-state index contributed by atoms with van der Waals surface area (Å²) in [4.78, 5) is 11.7. The molecule has 0 spiro atoms. The van der Waals surface area contributed by atoms with Crippen LogP contribution in [0.3, 0.4) is 0 Å². The van der Waals surface area contributed by atoms with E-state index in [0.717, 1.165) is 13.0 Å². The largest absolute Gasteiger partial charge is 0.320 e. The highest BCUT2D eigenvalue weighted by molar-refractivity contribution is 6.34. The predicted molar refractivity (Wildman–Crippen MR) is 63.6 cm³/mol. The molecule has 0 fully saturated rings. The molecule has 0 amide bonds. The van der Waals surface area contributed by atoms with Crippen LogP contribution in [0.1, 0.15) is 28.8 Å². The molecule has 0 unspecified atom stereocenters. The molecule has 0 radical (unpaired) electrons. The van der Waals surface area contributed by atoms with Gasteiger partial charge in [-0.25, -0.2) is 4.39 Å². The SMILES string of the molecule is CNCCCC(=O)c1cc(F)c(C)cc1Cl. The van der Waals surface area contributed by atoms with Crippen molar-refractivity contribution in [2.45, 2.75) is 19.8 Å². The normalized spacial score (nSPS) is 10.5. The van der Waals surface area contributed by atoms with Crippen molar-refractivity contribution >= 4 is 17.4 Å². The number of Topliss-reactive ketones (excluding diaryl/α,β-unsaturated/α-hetero) is 1. The van der Waals surface area contributed by atoms with Crippen molar-refractivity contribution in [2.24, 2.45) is 0 Å². The summed E-state index contributed by atoms with van der Waals surface area (Å²) in [5.74, 6) is -0.500. The Kier molecular flexibility index (Phi) is 4.90. The summed E-state index contributed by atoms with van der Waals surface area (Å²) in [5.41, 5.74) is 0.734. The van der Waals surface area contributed by atoms with Crippen molar-refractivity contribution in [3.8, 4) is 0 Å². The van der Waals surface area contributed by atoms with E-state index in [1.54, 1.807) is 6.92 Å². The van der Waals surface area contributed by atoms with E-state index in [1.807, 2.05) is 7.05 Å². The maximum Gasteiger partial charge on any atom is 0.164 e. The van der Waals surface area contributed by atoms with Crippen LogP contribution in [0, 0.1) is 12.7 Å². The second kappa shape index (κ2) is 5.97. The summed E-state index contributed by atoms with van der Waals surface area (Å²) < 4.78 is 13.3. The topological polar surface area (TPSA) is 29.1 Å². The smallest absolute Gasteiger partial charge is 0.164 e. The molecule has 1 rings (SSSR count). The highest BCUT2D eigenvalue weighted by atomic mass is 35.5. The molecule has 1 aromatic rings. The van der Waals surface area contributed by atoms with Crippen molar-refractivity contribution in [2.75, 3.05) is 13.6 Å². The minimum atomic E-state index is -0.388. The minimum absolute atomic E-state index is 0.112. The van der Waals surface area contributed by atoms with Gasteiger partial charge >= 0.3 is 0 Å². The second-order valence-corrected chi connectivity index (χ2v) is 4.12. The molecule has 2 nitrogen and oxygen atoms in total. The Morgan fingerprint density at radius 1 is 1.50 bits per heavy atom. The minimum Gasteiger partial charge on any atom is -0.320 e. The first-order chi connectivity index (χ1) is 7.56. The van der Waals surface area contributed by atoms with Crippen LogP contribution in [0.5, 0.6) is 0 Å². The zero-order chi connectivity index (χ0) is 12.1. The van der Waals surface area contributed by atoms with Gasteiger partial charge in [0.15, 0.2) is 5.78 Å². The number of aryl methyl sites for hydroxylation is 1. The molecule has 4 heteroatoms. The van der Waals surface area contributed by atoms with Crippen LogP contribution in [0.25, 0.3) is 0 Å². The van der Waals surface area contributed by atoms with Crippen LogP contribution in [-0.2, 0) is 0 Å². The second-order valence-electron chi connectivity index (χ2n) is 3.71. The zero-order valence-electron chi connectivity index (χ0n) is 9.44. The number of nitrogens with one attached hydrogen (secondary N) is 1. The third kappa shape index (κ3) is 3.29.